The Hall–Kier alpha value is -0.910. The second-order valence-corrected chi connectivity index (χ2v) is 4.81. The number of nitrogens with one attached hydrogen (secondary N) is 1. The van der Waals surface area contributed by atoms with Gasteiger partial charge < -0.3 is 5.32 Å². The topological polar surface area (TPSA) is 12.0 Å². The number of anilines is 1. The third-order valence-electron chi connectivity index (χ3n) is 2.52. The van der Waals surface area contributed by atoms with Gasteiger partial charge in [0, 0.05) is 11.8 Å². The highest BCUT2D eigenvalue weighted by atomic mass is 32.2. The van der Waals surface area contributed by atoms with Gasteiger partial charge in [0.1, 0.15) is 5.82 Å². The van der Waals surface area contributed by atoms with Gasteiger partial charge in [-0.3, -0.25) is 0 Å². The van der Waals surface area contributed by atoms with E-state index in [1.54, 1.807) is 11.8 Å². The molecule has 0 radical (unpaired) electrons. The third-order valence-corrected chi connectivity index (χ3v) is 3.25. The van der Waals surface area contributed by atoms with E-state index in [-0.39, 0.29) is 11.7 Å². The lowest BCUT2D eigenvalue weighted by molar-refractivity contribution is -0.137. The van der Waals surface area contributed by atoms with Crippen molar-refractivity contribution >= 4 is 17.4 Å². The molecule has 0 aliphatic carbocycles. The summed E-state index contributed by atoms with van der Waals surface area (Å²) in [7, 11) is 0. The van der Waals surface area contributed by atoms with Crippen molar-refractivity contribution < 1.29 is 17.6 Å². The van der Waals surface area contributed by atoms with Crippen molar-refractivity contribution in [3.63, 3.8) is 0 Å². The fourth-order valence-corrected chi connectivity index (χ4v) is 2.21. The van der Waals surface area contributed by atoms with Crippen LogP contribution in [0.4, 0.5) is 23.2 Å². The van der Waals surface area contributed by atoms with Crippen molar-refractivity contribution in [1.82, 2.24) is 0 Å². The van der Waals surface area contributed by atoms with Gasteiger partial charge in [0.15, 0.2) is 0 Å². The van der Waals surface area contributed by atoms with Gasteiger partial charge in [0.25, 0.3) is 0 Å². The zero-order chi connectivity index (χ0) is 13.8. The Kier molecular flexibility index (Phi) is 5.31. The summed E-state index contributed by atoms with van der Waals surface area (Å²) in [4.78, 5) is 0. The Morgan fingerprint density at radius 2 is 2.00 bits per heavy atom. The van der Waals surface area contributed by atoms with E-state index in [0.29, 0.717) is 6.07 Å². The van der Waals surface area contributed by atoms with Crippen LogP contribution in [-0.4, -0.2) is 18.1 Å². The Labute approximate surface area is 108 Å². The molecule has 0 aliphatic rings. The van der Waals surface area contributed by atoms with E-state index < -0.39 is 17.6 Å². The molecule has 1 N–H and O–H groups in total. The highest BCUT2D eigenvalue weighted by Crippen LogP contribution is 2.31. The first kappa shape index (κ1) is 15.1. The number of halogens is 4. The molecule has 102 valence electrons. The first-order valence-electron chi connectivity index (χ1n) is 5.50. The van der Waals surface area contributed by atoms with Crippen molar-refractivity contribution in [2.75, 3.05) is 17.3 Å². The molecule has 0 aromatic heterocycles. The second-order valence-electron chi connectivity index (χ2n) is 3.90. The van der Waals surface area contributed by atoms with Crippen LogP contribution < -0.4 is 5.32 Å². The summed E-state index contributed by atoms with van der Waals surface area (Å²) < 4.78 is 50.6. The van der Waals surface area contributed by atoms with Crippen molar-refractivity contribution in [3.8, 4) is 0 Å². The van der Waals surface area contributed by atoms with E-state index in [2.05, 4.69) is 5.32 Å². The molecule has 1 aromatic rings. The smallest absolute Gasteiger partial charge is 0.379 e. The second kappa shape index (κ2) is 6.31. The van der Waals surface area contributed by atoms with Crippen LogP contribution in [0.5, 0.6) is 0 Å². The van der Waals surface area contributed by atoms with Crippen molar-refractivity contribution in [2.24, 2.45) is 0 Å². The third kappa shape index (κ3) is 4.08. The molecular weight excluding hydrogens is 266 g/mol. The lowest BCUT2D eigenvalue weighted by atomic mass is 10.1. The lowest BCUT2D eigenvalue weighted by Crippen LogP contribution is -2.22. The fourth-order valence-electron chi connectivity index (χ4n) is 1.49. The Morgan fingerprint density at radius 3 is 2.44 bits per heavy atom. The van der Waals surface area contributed by atoms with E-state index >= 15 is 0 Å². The van der Waals surface area contributed by atoms with E-state index in [1.807, 2.05) is 13.2 Å². The van der Waals surface area contributed by atoms with Crippen LogP contribution >= 0.6 is 11.8 Å². The SMILES string of the molecule is CCC(CSC)Nc1ccc(C(F)(F)F)cc1F. The number of benzene rings is 1. The summed E-state index contributed by atoms with van der Waals surface area (Å²) in [5.41, 5.74) is -0.854. The average Bonchev–Trinajstić information content (AvgIpc) is 2.29. The van der Waals surface area contributed by atoms with Crippen LogP contribution in [0.1, 0.15) is 18.9 Å². The average molecular weight is 281 g/mol. The number of rotatable bonds is 5. The summed E-state index contributed by atoms with van der Waals surface area (Å²) >= 11 is 1.60. The van der Waals surface area contributed by atoms with Gasteiger partial charge in [-0.05, 0) is 30.9 Å². The molecule has 1 aromatic carbocycles. The molecule has 0 aliphatic heterocycles. The quantitative estimate of drug-likeness (QED) is 0.803. The minimum atomic E-state index is -4.51. The Bertz CT molecular complexity index is 392. The van der Waals surface area contributed by atoms with Crippen LogP contribution in [-0.2, 0) is 6.18 Å². The number of hydrogen-bond donors (Lipinski definition) is 1. The summed E-state index contributed by atoms with van der Waals surface area (Å²) in [6, 6.07) is 2.60. The fraction of sp³-hybridized carbons (Fsp3) is 0.500. The van der Waals surface area contributed by atoms with Crippen molar-refractivity contribution in [2.45, 2.75) is 25.6 Å². The Balaban J connectivity index is 2.85. The normalized spacial score (nSPS) is 13.4. The van der Waals surface area contributed by atoms with Crippen molar-refractivity contribution in [3.05, 3.63) is 29.6 Å². The van der Waals surface area contributed by atoms with Crippen molar-refractivity contribution in [1.29, 1.82) is 0 Å². The van der Waals surface area contributed by atoms with E-state index in [4.69, 9.17) is 0 Å². The maximum atomic E-state index is 13.5. The zero-order valence-corrected chi connectivity index (χ0v) is 11.0. The minimum absolute atomic E-state index is 0.0474. The van der Waals surface area contributed by atoms with E-state index in [0.717, 1.165) is 24.3 Å². The van der Waals surface area contributed by atoms with Crippen LogP contribution in [0.2, 0.25) is 0 Å². The van der Waals surface area contributed by atoms with Crippen LogP contribution in [0, 0.1) is 5.82 Å². The molecule has 1 nitrogen and oxygen atoms in total. The van der Waals surface area contributed by atoms with Crippen LogP contribution in [0.25, 0.3) is 0 Å². The first-order chi connectivity index (χ1) is 8.38. The molecule has 1 atom stereocenters. The predicted molar refractivity (Wildman–Crippen MR) is 67.5 cm³/mol. The molecule has 1 unspecified atom stereocenters. The molecule has 6 heteroatoms. The molecule has 1 rings (SSSR count). The largest absolute Gasteiger partial charge is 0.416 e. The summed E-state index contributed by atoms with van der Waals surface area (Å²) in [5.74, 6) is -0.0962. The van der Waals surface area contributed by atoms with Gasteiger partial charge in [-0.1, -0.05) is 6.92 Å². The van der Waals surface area contributed by atoms with Gasteiger partial charge >= 0.3 is 6.18 Å². The van der Waals surface area contributed by atoms with Gasteiger partial charge in [-0.15, -0.1) is 0 Å². The van der Waals surface area contributed by atoms with Crippen LogP contribution in [0.3, 0.4) is 0 Å². The van der Waals surface area contributed by atoms with Crippen LogP contribution in [0.15, 0.2) is 18.2 Å². The van der Waals surface area contributed by atoms with Gasteiger partial charge in [0.05, 0.1) is 11.3 Å². The van der Waals surface area contributed by atoms with Gasteiger partial charge in [-0.2, -0.15) is 24.9 Å². The molecule has 0 fully saturated rings. The standard InChI is InChI=1S/C12H15F4NS/c1-3-9(7-18-2)17-11-5-4-8(6-10(11)13)12(14,15)16/h4-6,9,17H,3,7H2,1-2H3. The van der Waals surface area contributed by atoms with E-state index in [1.165, 1.54) is 0 Å². The first-order valence-corrected chi connectivity index (χ1v) is 6.90. The van der Waals surface area contributed by atoms with E-state index in [9.17, 15) is 17.6 Å². The number of alkyl halides is 3. The predicted octanol–water partition coefficient (Wildman–Crippen LogP) is 4.40. The summed E-state index contributed by atoms with van der Waals surface area (Å²) in [5, 5.41) is 2.91. The zero-order valence-electron chi connectivity index (χ0n) is 10.1. The molecule has 0 amide bonds. The molecular formula is C12H15F4NS. The monoisotopic (exact) mass is 281 g/mol. The van der Waals surface area contributed by atoms with Gasteiger partial charge in [0.2, 0.25) is 0 Å². The maximum absolute atomic E-state index is 13.5. The van der Waals surface area contributed by atoms with Gasteiger partial charge in [-0.25, -0.2) is 4.39 Å². The summed E-state index contributed by atoms with van der Waals surface area (Å²) in [6.45, 7) is 1.94. The highest BCUT2D eigenvalue weighted by Gasteiger charge is 2.31. The molecule has 0 saturated heterocycles. The number of hydrogen-bond acceptors (Lipinski definition) is 2. The lowest BCUT2D eigenvalue weighted by Gasteiger charge is -2.18. The summed E-state index contributed by atoms with van der Waals surface area (Å²) in [6.07, 6.45) is -1.81. The maximum Gasteiger partial charge on any atom is 0.416 e. The Morgan fingerprint density at radius 1 is 1.33 bits per heavy atom. The molecule has 0 bridgehead atoms. The number of thioether (sulfide) groups is 1. The highest BCUT2D eigenvalue weighted by molar-refractivity contribution is 7.98. The molecule has 0 heterocycles. The molecule has 0 saturated carbocycles. The molecule has 18 heavy (non-hydrogen) atoms. The minimum Gasteiger partial charge on any atom is -0.379 e. The molecule has 0 spiro atoms.